The van der Waals surface area contributed by atoms with Crippen molar-refractivity contribution in [1.29, 1.82) is 0 Å². The summed E-state index contributed by atoms with van der Waals surface area (Å²) in [6.45, 7) is 4.72. The zero-order chi connectivity index (χ0) is 25.5. The minimum Gasteiger partial charge on any atom is -0.472 e. The lowest BCUT2D eigenvalue weighted by Gasteiger charge is -2.37. The van der Waals surface area contributed by atoms with Gasteiger partial charge in [0.2, 0.25) is 5.88 Å². The van der Waals surface area contributed by atoms with Crippen LogP contribution in [-0.4, -0.2) is 106 Å². The first-order chi connectivity index (χ1) is 16.7. The monoisotopic (exact) mass is 480 g/mol. The summed E-state index contributed by atoms with van der Waals surface area (Å²) in [4.78, 5) is 43.8. The van der Waals surface area contributed by atoms with Crippen LogP contribution in [0.3, 0.4) is 0 Å². The Morgan fingerprint density at radius 1 is 1.29 bits per heavy atom. The van der Waals surface area contributed by atoms with E-state index in [2.05, 4.69) is 26.8 Å². The van der Waals surface area contributed by atoms with Crippen LogP contribution in [0.25, 0.3) is 0 Å². The molecule has 186 valence electrons. The molecule has 10 heteroatoms. The highest BCUT2D eigenvalue weighted by atomic mass is 16.5. The normalized spacial score (nSPS) is 18.5. The van der Waals surface area contributed by atoms with Gasteiger partial charge in [0.05, 0.1) is 31.9 Å². The number of pyridine rings is 1. The number of hydrogen-bond donors (Lipinski definition) is 1. The fourth-order valence-corrected chi connectivity index (χ4v) is 3.65. The second-order valence-electron chi connectivity index (χ2n) is 9.02. The second kappa shape index (κ2) is 11.7. The smallest absolute Gasteiger partial charge is 0.273 e. The lowest BCUT2D eigenvalue weighted by Crippen LogP contribution is -2.50. The number of amides is 2. The van der Waals surface area contributed by atoms with Gasteiger partial charge in [-0.1, -0.05) is 18.8 Å². The largest absolute Gasteiger partial charge is 0.472 e. The summed E-state index contributed by atoms with van der Waals surface area (Å²) in [6.07, 6.45) is 5.51. The average molecular weight is 481 g/mol. The molecule has 0 aliphatic carbocycles. The van der Waals surface area contributed by atoms with E-state index in [0.29, 0.717) is 18.7 Å². The van der Waals surface area contributed by atoms with Gasteiger partial charge in [0, 0.05) is 43.7 Å². The Morgan fingerprint density at radius 3 is 2.71 bits per heavy atom. The number of ether oxygens (including phenoxy) is 1. The highest BCUT2D eigenvalue weighted by molar-refractivity contribution is 5.97. The zero-order valence-electron chi connectivity index (χ0n) is 20.8. The van der Waals surface area contributed by atoms with Crippen molar-refractivity contribution in [2.24, 2.45) is 5.92 Å². The Hall–Kier alpha value is -3.55. The summed E-state index contributed by atoms with van der Waals surface area (Å²) in [5.74, 6) is 5.54. The first kappa shape index (κ1) is 26.1. The third-order valence-electron chi connectivity index (χ3n) is 5.73. The quantitative estimate of drug-likeness (QED) is 0.604. The number of hydrogen-bond acceptors (Lipinski definition) is 8. The molecule has 0 saturated carbocycles. The lowest BCUT2D eigenvalue weighted by molar-refractivity contribution is 0.0312. The summed E-state index contributed by atoms with van der Waals surface area (Å²) in [5, 5.41) is 9.80. The number of carbonyl (C=O) groups excluding carboxylic acids is 2. The van der Waals surface area contributed by atoms with E-state index in [1.54, 1.807) is 31.1 Å². The highest BCUT2D eigenvalue weighted by Crippen LogP contribution is 2.27. The molecule has 3 atom stereocenters. The molecule has 2 aromatic rings. The van der Waals surface area contributed by atoms with Crippen LogP contribution in [0.2, 0.25) is 0 Å². The Labute approximate surface area is 205 Å². The summed E-state index contributed by atoms with van der Waals surface area (Å²) < 4.78 is 6.23. The summed E-state index contributed by atoms with van der Waals surface area (Å²) in [6, 6.07) is 1.27. The topological polar surface area (TPSA) is 112 Å². The van der Waals surface area contributed by atoms with E-state index in [1.165, 1.54) is 23.5 Å². The Morgan fingerprint density at radius 2 is 2.06 bits per heavy atom. The molecule has 10 nitrogen and oxygen atoms in total. The molecule has 1 aliphatic rings. The van der Waals surface area contributed by atoms with Crippen molar-refractivity contribution in [2.75, 3.05) is 47.4 Å². The average Bonchev–Trinajstić information content (AvgIpc) is 2.85. The minimum absolute atomic E-state index is 0.153. The van der Waals surface area contributed by atoms with Crippen LogP contribution in [0.4, 0.5) is 0 Å². The van der Waals surface area contributed by atoms with Crippen molar-refractivity contribution >= 4 is 11.8 Å². The number of rotatable bonds is 6. The van der Waals surface area contributed by atoms with Crippen molar-refractivity contribution < 1.29 is 19.4 Å². The van der Waals surface area contributed by atoms with E-state index < -0.39 is 12.1 Å². The predicted octanol–water partition coefficient (Wildman–Crippen LogP) is 0.777. The van der Waals surface area contributed by atoms with Gasteiger partial charge in [-0.3, -0.25) is 19.5 Å². The molecule has 0 bridgehead atoms. The molecule has 0 aromatic carbocycles. The summed E-state index contributed by atoms with van der Waals surface area (Å²) in [5.41, 5.74) is 1.11. The van der Waals surface area contributed by atoms with E-state index >= 15 is 0 Å². The Bertz CT molecular complexity index is 1100. The van der Waals surface area contributed by atoms with E-state index in [1.807, 2.05) is 25.9 Å². The van der Waals surface area contributed by atoms with Gasteiger partial charge in [0.25, 0.3) is 11.8 Å². The molecule has 2 amide bonds. The molecular weight excluding hydrogens is 448 g/mol. The van der Waals surface area contributed by atoms with Crippen LogP contribution < -0.4 is 4.74 Å². The van der Waals surface area contributed by atoms with Crippen LogP contribution in [-0.2, 0) is 0 Å². The van der Waals surface area contributed by atoms with Gasteiger partial charge in [0.1, 0.15) is 17.4 Å². The number of nitrogens with zero attached hydrogens (tertiary/aromatic N) is 6. The Kier molecular flexibility index (Phi) is 8.73. The molecule has 1 aliphatic heterocycles. The fraction of sp³-hybridized carbons (Fsp3) is 0.480. The molecule has 1 N–H and O–H groups in total. The standard InChI is InChI=1S/C25H32N6O4/c1-17-14-31(18(2)16-32)24(33)20-11-19(7-6-10-29(3)4)12-28-23(20)35-22(17)15-30(5)25(34)21-13-26-8-9-27-21/h8-9,11-13,17-18,22,32H,10,14-16H2,1-5H3/t17-,18-,22+/m1/s1. The highest BCUT2D eigenvalue weighted by Gasteiger charge is 2.34. The van der Waals surface area contributed by atoms with E-state index in [-0.39, 0.29) is 48.0 Å². The molecule has 3 rings (SSSR count). The maximum absolute atomic E-state index is 13.5. The molecule has 0 unspecified atom stereocenters. The second-order valence-corrected chi connectivity index (χ2v) is 9.02. The number of aliphatic hydroxyl groups excluding tert-OH is 1. The first-order valence-corrected chi connectivity index (χ1v) is 11.4. The number of aliphatic hydroxyl groups is 1. The molecule has 3 heterocycles. The van der Waals surface area contributed by atoms with Crippen LogP contribution in [0, 0.1) is 17.8 Å². The van der Waals surface area contributed by atoms with Crippen molar-refractivity contribution in [3.05, 3.63) is 47.7 Å². The molecule has 0 fully saturated rings. The van der Waals surface area contributed by atoms with Crippen molar-refractivity contribution in [2.45, 2.75) is 26.0 Å². The molecular formula is C25H32N6O4. The Balaban J connectivity index is 1.93. The van der Waals surface area contributed by atoms with Crippen molar-refractivity contribution in [3.8, 4) is 17.7 Å². The van der Waals surface area contributed by atoms with E-state index in [4.69, 9.17) is 4.74 Å². The zero-order valence-corrected chi connectivity index (χ0v) is 20.8. The lowest BCUT2D eigenvalue weighted by atomic mass is 10.00. The van der Waals surface area contributed by atoms with Gasteiger partial charge in [-0.25, -0.2) is 9.97 Å². The molecule has 0 radical (unpaired) electrons. The third-order valence-corrected chi connectivity index (χ3v) is 5.73. The van der Waals surface area contributed by atoms with Gasteiger partial charge in [-0.2, -0.15) is 0 Å². The van der Waals surface area contributed by atoms with Crippen LogP contribution in [0.1, 0.15) is 40.3 Å². The van der Waals surface area contributed by atoms with Gasteiger partial charge in [-0.15, -0.1) is 0 Å². The van der Waals surface area contributed by atoms with Crippen molar-refractivity contribution in [1.82, 2.24) is 29.7 Å². The maximum atomic E-state index is 13.5. The number of aromatic nitrogens is 3. The SMILES string of the molecule is C[C@@H]1CN([C@H](C)CO)C(=O)c2cc(C#CCN(C)C)cnc2O[C@H]1CN(C)C(=O)c1cnccn1. The predicted molar refractivity (Wildman–Crippen MR) is 130 cm³/mol. The minimum atomic E-state index is -0.459. The molecule has 2 aromatic heterocycles. The van der Waals surface area contributed by atoms with Crippen LogP contribution in [0.15, 0.2) is 30.9 Å². The molecule has 0 spiro atoms. The van der Waals surface area contributed by atoms with Gasteiger partial charge in [-0.05, 0) is 27.1 Å². The van der Waals surface area contributed by atoms with E-state index in [9.17, 15) is 14.7 Å². The third kappa shape index (κ3) is 6.53. The number of carbonyl (C=O) groups is 2. The van der Waals surface area contributed by atoms with Gasteiger partial charge >= 0.3 is 0 Å². The molecule has 35 heavy (non-hydrogen) atoms. The van der Waals surface area contributed by atoms with Gasteiger partial charge < -0.3 is 19.6 Å². The molecule has 0 saturated heterocycles. The summed E-state index contributed by atoms with van der Waals surface area (Å²) in [7, 11) is 5.52. The van der Waals surface area contributed by atoms with Crippen LogP contribution >= 0.6 is 0 Å². The number of fused-ring (bicyclic) bond motifs is 1. The summed E-state index contributed by atoms with van der Waals surface area (Å²) >= 11 is 0. The van der Waals surface area contributed by atoms with E-state index in [0.717, 1.165) is 0 Å². The van der Waals surface area contributed by atoms with Gasteiger partial charge in [0.15, 0.2) is 0 Å². The van der Waals surface area contributed by atoms with Crippen LogP contribution in [0.5, 0.6) is 5.88 Å². The number of likely N-dealkylation sites (N-methyl/N-ethyl adjacent to an activating group) is 1. The van der Waals surface area contributed by atoms with Crippen molar-refractivity contribution in [3.63, 3.8) is 0 Å². The fourth-order valence-electron chi connectivity index (χ4n) is 3.65. The first-order valence-electron chi connectivity index (χ1n) is 11.4. The maximum Gasteiger partial charge on any atom is 0.273 e.